The van der Waals surface area contributed by atoms with E-state index in [1.54, 1.807) is 0 Å². The zero-order valence-electron chi connectivity index (χ0n) is 16.7. The van der Waals surface area contributed by atoms with Gasteiger partial charge in [0.1, 0.15) is 12.1 Å². The van der Waals surface area contributed by atoms with Gasteiger partial charge < -0.3 is 43.4 Å². The molecule has 0 saturated heterocycles. The highest BCUT2D eigenvalue weighted by Gasteiger charge is 2.25. The molecule has 0 rings (SSSR count). The molecule has 31 heavy (non-hydrogen) atoms. The molecule has 0 bridgehead atoms. The van der Waals surface area contributed by atoms with Crippen LogP contribution >= 0.6 is 12.6 Å². The number of nitrogens with one attached hydrogen (secondary N) is 3. The van der Waals surface area contributed by atoms with E-state index < -0.39 is 60.8 Å². The molecule has 3 atom stereocenters. The van der Waals surface area contributed by atoms with Crippen molar-refractivity contribution in [1.82, 2.24) is 16.0 Å². The molecule has 0 aromatic rings. The largest absolute Gasteiger partial charge is 0.481 e. The number of nitrogens with two attached hydrogens (primary N) is 3. The lowest BCUT2D eigenvalue weighted by atomic mass is 10.1. The molecule has 3 unspecified atom stereocenters. The number of carboxylic acid groups (broad SMARTS) is 2. The fourth-order valence-corrected chi connectivity index (χ4v) is 2.36. The highest BCUT2D eigenvalue weighted by Crippen LogP contribution is 2.01. The second kappa shape index (κ2) is 14.8. The number of aliphatic imine (C=N–C) groups is 1. The first kappa shape index (κ1) is 27.9. The summed E-state index contributed by atoms with van der Waals surface area (Å²) >= 11 is 3.87. The van der Waals surface area contributed by atoms with Gasteiger partial charge in [0.05, 0.1) is 12.6 Å². The van der Waals surface area contributed by atoms with Gasteiger partial charge in [-0.05, 0) is 19.3 Å². The Labute approximate surface area is 183 Å². The molecule has 0 saturated carbocycles. The lowest BCUT2D eigenvalue weighted by Gasteiger charge is -2.20. The fraction of sp³-hybridized carbons (Fsp3) is 0.625. The SMILES string of the molecule is NC(N)=NCCCC(NC(=O)CNC(=O)C(CCC(=O)O)NC(=O)C(N)CS)C(=O)O. The van der Waals surface area contributed by atoms with Crippen LogP contribution < -0.4 is 33.2 Å². The van der Waals surface area contributed by atoms with Gasteiger partial charge in [-0.25, -0.2) is 4.79 Å². The maximum atomic E-state index is 12.3. The second-order valence-corrected chi connectivity index (χ2v) is 6.77. The summed E-state index contributed by atoms with van der Waals surface area (Å²) in [5, 5.41) is 24.8. The van der Waals surface area contributed by atoms with Crippen LogP contribution in [0.15, 0.2) is 4.99 Å². The van der Waals surface area contributed by atoms with E-state index >= 15 is 0 Å². The molecule has 0 aromatic carbocycles. The number of carboxylic acids is 2. The van der Waals surface area contributed by atoms with Gasteiger partial charge in [-0.2, -0.15) is 12.6 Å². The minimum Gasteiger partial charge on any atom is -0.481 e. The number of carbonyl (C=O) groups is 5. The average Bonchev–Trinajstić information content (AvgIpc) is 2.69. The van der Waals surface area contributed by atoms with Crippen molar-refractivity contribution in [2.24, 2.45) is 22.2 Å². The molecule has 15 heteroatoms. The summed E-state index contributed by atoms with van der Waals surface area (Å²) in [6.45, 7) is -0.410. The van der Waals surface area contributed by atoms with Crippen molar-refractivity contribution in [1.29, 1.82) is 0 Å². The maximum absolute atomic E-state index is 12.3. The van der Waals surface area contributed by atoms with E-state index in [-0.39, 0.29) is 37.5 Å². The molecule has 0 radical (unpaired) electrons. The third-order valence-electron chi connectivity index (χ3n) is 3.82. The van der Waals surface area contributed by atoms with Crippen molar-refractivity contribution in [2.45, 2.75) is 43.8 Å². The van der Waals surface area contributed by atoms with Crippen molar-refractivity contribution in [2.75, 3.05) is 18.8 Å². The van der Waals surface area contributed by atoms with E-state index in [1.807, 2.05) is 0 Å². The summed E-state index contributed by atoms with van der Waals surface area (Å²) in [6.07, 6.45) is -0.325. The molecule has 0 heterocycles. The molecule has 0 spiro atoms. The van der Waals surface area contributed by atoms with E-state index in [4.69, 9.17) is 22.3 Å². The Hall–Kier alpha value is -3.07. The Balaban J connectivity index is 4.78. The van der Waals surface area contributed by atoms with Crippen LogP contribution in [0.5, 0.6) is 0 Å². The second-order valence-electron chi connectivity index (χ2n) is 6.41. The zero-order valence-corrected chi connectivity index (χ0v) is 17.6. The van der Waals surface area contributed by atoms with Gasteiger partial charge in [0.25, 0.3) is 0 Å². The molecule has 0 aliphatic carbocycles. The first-order valence-electron chi connectivity index (χ1n) is 9.21. The Morgan fingerprint density at radius 1 is 0.968 bits per heavy atom. The van der Waals surface area contributed by atoms with Gasteiger partial charge >= 0.3 is 11.9 Å². The van der Waals surface area contributed by atoms with Crippen LogP contribution in [-0.4, -0.2) is 82.8 Å². The maximum Gasteiger partial charge on any atom is 0.326 e. The Morgan fingerprint density at radius 2 is 1.61 bits per heavy atom. The van der Waals surface area contributed by atoms with Gasteiger partial charge in [-0.15, -0.1) is 0 Å². The summed E-state index contributed by atoms with van der Waals surface area (Å²) < 4.78 is 0. The van der Waals surface area contributed by atoms with E-state index in [9.17, 15) is 29.1 Å². The summed E-state index contributed by atoms with van der Waals surface area (Å²) in [5.41, 5.74) is 15.8. The van der Waals surface area contributed by atoms with Crippen molar-refractivity contribution in [3.05, 3.63) is 0 Å². The van der Waals surface area contributed by atoms with Crippen LogP contribution in [0, 0.1) is 0 Å². The monoisotopic (exact) mass is 463 g/mol. The van der Waals surface area contributed by atoms with Crippen molar-refractivity contribution in [3.8, 4) is 0 Å². The number of thiol groups is 1. The molecule has 176 valence electrons. The third-order valence-corrected chi connectivity index (χ3v) is 4.21. The number of hydrogen-bond donors (Lipinski definition) is 9. The standard InChI is InChI=1S/C16H29N7O7S/c17-8(7-31)13(27)23-9(3-4-12(25)26)14(28)21-6-11(24)22-10(15(29)30)2-1-5-20-16(18)19/h8-10,31H,1-7,17H2,(H,21,28)(H,22,24)(H,23,27)(H,25,26)(H,29,30)(H4,18,19,20). The summed E-state index contributed by atoms with van der Waals surface area (Å²) in [4.78, 5) is 61.9. The van der Waals surface area contributed by atoms with Gasteiger partial charge in [-0.3, -0.25) is 24.2 Å². The summed E-state index contributed by atoms with van der Waals surface area (Å²) in [7, 11) is 0. The third kappa shape index (κ3) is 13.0. The molecule has 0 aromatic heterocycles. The highest BCUT2D eigenvalue weighted by molar-refractivity contribution is 7.80. The van der Waals surface area contributed by atoms with Crippen LogP contribution in [0.3, 0.4) is 0 Å². The van der Waals surface area contributed by atoms with E-state index in [0.29, 0.717) is 0 Å². The predicted molar refractivity (Wildman–Crippen MR) is 113 cm³/mol. The van der Waals surface area contributed by atoms with E-state index in [1.165, 1.54) is 0 Å². The van der Waals surface area contributed by atoms with Gasteiger partial charge in [0.15, 0.2) is 5.96 Å². The van der Waals surface area contributed by atoms with Crippen molar-refractivity contribution in [3.63, 3.8) is 0 Å². The zero-order chi connectivity index (χ0) is 24.0. The molecular weight excluding hydrogens is 434 g/mol. The van der Waals surface area contributed by atoms with Crippen LogP contribution in [0.4, 0.5) is 0 Å². The molecular formula is C16H29N7O7S. The first-order chi connectivity index (χ1) is 14.5. The Bertz CT molecular complexity index is 685. The minimum absolute atomic E-state index is 0.00126. The number of nitrogens with zero attached hydrogens (tertiary/aromatic N) is 1. The molecule has 11 N–H and O–H groups in total. The Kier molecular flexibility index (Phi) is 13.4. The average molecular weight is 464 g/mol. The normalized spacial score (nSPS) is 13.2. The van der Waals surface area contributed by atoms with Gasteiger partial charge in [0, 0.05) is 18.7 Å². The summed E-state index contributed by atoms with van der Waals surface area (Å²) in [6, 6.07) is -3.49. The van der Waals surface area contributed by atoms with Crippen LogP contribution in [0.25, 0.3) is 0 Å². The lowest BCUT2D eigenvalue weighted by Crippen LogP contribution is -2.54. The fourth-order valence-electron chi connectivity index (χ4n) is 2.20. The number of hydrogen-bond acceptors (Lipinski definition) is 8. The molecule has 0 fully saturated rings. The first-order valence-corrected chi connectivity index (χ1v) is 9.85. The highest BCUT2D eigenvalue weighted by atomic mass is 32.1. The molecule has 0 aliphatic heterocycles. The number of rotatable bonds is 15. The van der Waals surface area contributed by atoms with Gasteiger partial charge in [0.2, 0.25) is 17.7 Å². The number of amides is 3. The lowest BCUT2D eigenvalue weighted by molar-refractivity contribution is -0.142. The predicted octanol–water partition coefficient (Wildman–Crippen LogP) is -3.67. The molecule has 14 nitrogen and oxygen atoms in total. The molecule has 3 amide bonds. The van der Waals surface area contributed by atoms with E-state index in [2.05, 4.69) is 33.6 Å². The topological polar surface area (TPSA) is 252 Å². The number of guanidine groups is 1. The van der Waals surface area contributed by atoms with Crippen molar-refractivity contribution < 1.29 is 34.2 Å². The number of carbonyl (C=O) groups excluding carboxylic acids is 3. The van der Waals surface area contributed by atoms with Crippen LogP contribution in [0.1, 0.15) is 25.7 Å². The quantitative estimate of drug-likeness (QED) is 0.0497. The minimum atomic E-state index is -1.28. The van der Waals surface area contributed by atoms with Crippen LogP contribution in [-0.2, 0) is 24.0 Å². The molecule has 0 aliphatic rings. The van der Waals surface area contributed by atoms with Crippen molar-refractivity contribution >= 4 is 48.2 Å². The summed E-state index contributed by atoms with van der Waals surface area (Å²) in [5.74, 6) is -4.93. The Morgan fingerprint density at radius 3 is 2.13 bits per heavy atom. The number of aliphatic carboxylic acids is 2. The van der Waals surface area contributed by atoms with E-state index in [0.717, 1.165) is 0 Å². The smallest absolute Gasteiger partial charge is 0.326 e. The van der Waals surface area contributed by atoms with Crippen LogP contribution in [0.2, 0.25) is 0 Å². The van der Waals surface area contributed by atoms with Gasteiger partial charge in [-0.1, -0.05) is 0 Å².